The zero-order valence-corrected chi connectivity index (χ0v) is 11.7. The maximum atomic E-state index is 8.95. The normalized spacial score (nSPS) is 16.6. The summed E-state index contributed by atoms with van der Waals surface area (Å²) in [5, 5.41) is 12.3. The Labute approximate surface area is 115 Å². The van der Waals surface area contributed by atoms with Gasteiger partial charge in [0.25, 0.3) is 0 Å². The maximum Gasteiger partial charge on any atom is 0.0574 e. The Morgan fingerprint density at radius 2 is 2.05 bits per heavy atom. The number of anilines is 2. The average Bonchev–Trinajstić information content (AvgIpc) is 2.46. The first-order valence-corrected chi connectivity index (χ1v) is 7.10. The molecule has 106 valence electrons. The molecule has 0 bridgehead atoms. The van der Waals surface area contributed by atoms with E-state index in [1.54, 1.807) is 0 Å². The van der Waals surface area contributed by atoms with Crippen LogP contribution in [0, 0.1) is 0 Å². The lowest BCUT2D eigenvalue weighted by Gasteiger charge is -2.35. The molecule has 1 aromatic rings. The van der Waals surface area contributed by atoms with E-state index < -0.39 is 0 Å². The van der Waals surface area contributed by atoms with Crippen LogP contribution in [0.2, 0.25) is 0 Å². The Balaban J connectivity index is 1.91. The molecule has 1 fully saturated rings. The monoisotopic (exact) mass is 264 g/mol. The number of aromatic nitrogens is 1. The van der Waals surface area contributed by atoms with Gasteiger partial charge in [-0.25, -0.2) is 0 Å². The maximum absolute atomic E-state index is 8.95. The van der Waals surface area contributed by atoms with Crippen molar-refractivity contribution in [3.63, 3.8) is 0 Å². The quantitative estimate of drug-likeness (QED) is 0.803. The van der Waals surface area contributed by atoms with E-state index in [0.717, 1.165) is 51.4 Å². The number of piperazine rings is 1. The largest absolute Gasteiger partial charge is 0.395 e. The summed E-state index contributed by atoms with van der Waals surface area (Å²) in [5.41, 5.74) is 2.28. The number of hydrogen-bond donors (Lipinski definition) is 2. The van der Waals surface area contributed by atoms with Crippen molar-refractivity contribution in [3.05, 3.63) is 18.5 Å². The summed E-state index contributed by atoms with van der Waals surface area (Å²) in [7, 11) is 0. The molecular weight excluding hydrogens is 240 g/mol. The first kappa shape index (κ1) is 14.1. The molecule has 1 aliphatic rings. The molecule has 0 aromatic carbocycles. The van der Waals surface area contributed by atoms with Gasteiger partial charge in [0, 0.05) is 39.3 Å². The smallest absolute Gasteiger partial charge is 0.0574 e. The second kappa shape index (κ2) is 7.31. The minimum atomic E-state index is 0.248. The Morgan fingerprint density at radius 3 is 2.74 bits per heavy atom. The van der Waals surface area contributed by atoms with Gasteiger partial charge in [0.15, 0.2) is 0 Å². The van der Waals surface area contributed by atoms with E-state index >= 15 is 0 Å². The molecule has 2 rings (SSSR count). The van der Waals surface area contributed by atoms with Crippen LogP contribution in [0.25, 0.3) is 0 Å². The van der Waals surface area contributed by atoms with E-state index in [9.17, 15) is 0 Å². The Kier molecular flexibility index (Phi) is 5.42. The van der Waals surface area contributed by atoms with Gasteiger partial charge in [0.1, 0.15) is 0 Å². The van der Waals surface area contributed by atoms with E-state index in [2.05, 4.69) is 33.1 Å². The number of aliphatic hydroxyl groups excluding tert-OH is 1. The number of nitrogens with zero attached hydrogens (tertiary/aromatic N) is 3. The molecule has 5 nitrogen and oxygen atoms in total. The van der Waals surface area contributed by atoms with Crippen LogP contribution in [-0.2, 0) is 0 Å². The van der Waals surface area contributed by atoms with Crippen molar-refractivity contribution in [2.45, 2.75) is 13.3 Å². The van der Waals surface area contributed by atoms with Crippen molar-refractivity contribution in [2.24, 2.45) is 0 Å². The molecule has 1 aliphatic heterocycles. The highest BCUT2D eigenvalue weighted by atomic mass is 16.3. The van der Waals surface area contributed by atoms with Gasteiger partial charge in [0.2, 0.25) is 0 Å². The van der Waals surface area contributed by atoms with Crippen molar-refractivity contribution < 1.29 is 5.11 Å². The lowest BCUT2D eigenvalue weighted by atomic mass is 10.2. The Morgan fingerprint density at radius 1 is 1.26 bits per heavy atom. The molecule has 0 spiro atoms. The van der Waals surface area contributed by atoms with Crippen molar-refractivity contribution >= 4 is 11.4 Å². The lowest BCUT2D eigenvalue weighted by Crippen LogP contribution is -2.47. The summed E-state index contributed by atoms with van der Waals surface area (Å²) in [6, 6.07) is 2.17. The van der Waals surface area contributed by atoms with Gasteiger partial charge in [-0.3, -0.25) is 9.88 Å². The van der Waals surface area contributed by atoms with E-state index in [1.807, 2.05) is 12.4 Å². The van der Waals surface area contributed by atoms with Crippen molar-refractivity contribution in [2.75, 3.05) is 56.1 Å². The van der Waals surface area contributed by atoms with Crippen LogP contribution < -0.4 is 10.2 Å². The highest BCUT2D eigenvalue weighted by molar-refractivity contribution is 5.55. The van der Waals surface area contributed by atoms with Gasteiger partial charge in [-0.05, 0) is 12.5 Å². The molecule has 2 N–H and O–H groups in total. The summed E-state index contributed by atoms with van der Waals surface area (Å²) in [4.78, 5) is 8.96. The van der Waals surface area contributed by atoms with Crippen molar-refractivity contribution in [1.82, 2.24) is 9.88 Å². The third kappa shape index (κ3) is 4.08. The van der Waals surface area contributed by atoms with Crippen LogP contribution in [0.5, 0.6) is 0 Å². The summed E-state index contributed by atoms with van der Waals surface area (Å²) < 4.78 is 0. The molecule has 0 radical (unpaired) electrons. The SMILES string of the molecule is CCCNc1cncc(N2CCN(CCO)CC2)c1. The first-order valence-electron chi connectivity index (χ1n) is 7.10. The lowest BCUT2D eigenvalue weighted by molar-refractivity contribution is 0.189. The number of nitrogens with one attached hydrogen (secondary N) is 1. The van der Waals surface area contributed by atoms with E-state index in [4.69, 9.17) is 5.11 Å². The molecular formula is C14H24N4O. The van der Waals surface area contributed by atoms with Gasteiger partial charge in [-0.1, -0.05) is 6.92 Å². The zero-order valence-electron chi connectivity index (χ0n) is 11.7. The average molecular weight is 264 g/mol. The Hall–Kier alpha value is -1.33. The number of pyridine rings is 1. The first-order chi connectivity index (χ1) is 9.33. The second-order valence-corrected chi connectivity index (χ2v) is 4.91. The van der Waals surface area contributed by atoms with E-state index in [0.29, 0.717) is 0 Å². The highest BCUT2D eigenvalue weighted by Gasteiger charge is 2.16. The van der Waals surface area contributed by atoms with Crippen molar-refractivity contribution in [3.8, 4) is 0 Å². The van der Waals surface area contributed by atoms with Crippen LogP contribution >= 0.6 is 0 Å². The predicted molar refractivity (Wildman–Crippen MR) is 78.8 cm³/mol. The van der Waals surface area contributed by atoms with E-state index in [-0.39, 0.29) is 6.61 Å². The van der Waals surface area contributed by atoms with Crippen LogP contribution in [0.4, 0.5) is 11.4 Å². The molecule has 2 heterocycles. The van der Waals surface area contributed by atoms with Crippen LogP contribution in [0.15, 0.2) is 18.5 Å². The van der Waals surface area contributed by atoms with Crippen LogP contribution in [0.3, 0.4) is 0 Å². The fourth-order valence-electron chi connectivity index (χ4n) is 2.34. The number of aliphatic hydroxyl groups is 1. The molecule has 0 unspecified atom stereocenters. The molecule has 0 amide bonds. The number of hydrogen-bond acceptors (Lipinski definition) is 5. The van der Waals surface area contributed by atoms with Crippen LogP contribution in [-0.4, -0.2) is 60.9 Å². The molecule has 1 aromatic heterocycles. The summed E-state index contributed by atoms with van der Waals surface area (Å²) in [6.45, 7) is 8.18. The third-order valence-corrected chi connectivity index (χ3v) is 3.46. The van der Waals surface area contributed by atoms with Crippen molar-refractivity contribution in [1.29, 1.82) is 0 Å². The molecule has 5 heteroatoms. The standard InChI is InChI=1S/C14H24N4O/c1-2-3-16-13-10-14(12-15-11-13)18-6-4-17(5-7-18)8-9-19/h10-12,16,19H,2-9H2,1H3. The van der Waals surface area contributed by atoms with Gasteiger partial charge >= 0.3 is 0 Å². The number of β-amino-alcohol motifs (C(OH)–C–C–N with tert-alkyl or cyclic N) is 1. The summed E-state index contributed by atoms with van der Waals surface area (Å²) in [5.74, 6) is 0. The third-order valence-electron chi connectivity index (χ3n) is 3.46. The van der Waals surface area contributed by atoms with Gasteiger partial charge in [-0.15, -0.1) is 0 Å². The minimum absolute atomic E-state index is 0.248. The molecule has 1 saturated heterocycles. The zero-order chi connectivity index (χ0) is 13.5. The molecule has 19 heavy (non-hydrogen) atoms. The van der Waals surface area contributed by atoms with E-state index in [1.165, 1.54) is 5.69 Å². The summed E-state index contributed by atoms with van der Waals surface area (Å²) >= 11 is 0. The highest BCUT2D eigenvalue weighted by Crippen LogP contribution is 2.19. The van der Waals surface area contributed by atoms with Gasteiger partial charge in [0.05, 0.1) is 30.4 Å². The molecule has 0 saturated carbocycles. The fourth-order valence-corrected chi connectivity index (χ4v) is 2.34. The fraction of sp³-hybridized carbons (Fsp3) is 0.643. The van der Waals surface area contributed by atoms with Gasteiger partial charge < -0.3 is 15.3 Å². The number of rotatable bonds is 6. The minimum Gasteiger partial charge on any atom is -0.395 e. The Bertz CT molecular complexity index is 377. The van der Waals surface area contributed by atoms with Gasteiger partial charge in [-0.2, -0.15) is 0 Å². The summed E-state index contributed by atoms with van der Waals surface area (Å²) in [6.07, 6.45) is 4.92. The second-order valence-electron chi connectivity index (χ2n) is 4.91. The van der Waals surface area contributed by atoms with Crippen LogP contribution in [0.1, 0.15) is 13.3 Å². The topological polar surface area (TPSA) is 51.6 Å². The molecule has 0 atom stereocenters. The predicted octanol–water partition coefficient (Wildman–Crippen LogP) is 1.02. The molecule has 0 aliphatic carbocycles.